The third kappa shape index (κ3) is 3.78. The third-order valence-corrected chi connectivity index (χ3v) is 1.30. The summed E-state index contributed by atoms with van der Waals surface area (Å²) >= 11 is 0. The Bertz CT molecular complexity index is 163. The summed E-state index contributed by atoms with van der Waals surface area (Å²) in [4.78, 5) is 10.9. The van der Waals surface area contributed by atoms with Gasteiger partial charge in [0.15, 0.2) is 0 Å². The molecule has 1 amide bonds. The lowest BCUT2D eigenvalue weighted by molar-refractivity contribution is -0.121. The first-order chi connectivity index (χ1) is 4.95. The Labute approximate surface area is 67.1 Å². The van der Waals surface area contributed by atoms with Gasteiger partial charge in [0.1, 0.15) is 6.23 Å². The summed E-state index contributed by atoms with van der Waals surface area (Å²) < 4.78 is 0. The molecule has 0 radical (unpaired) electrons. The van der Waals surface area contributed by atoms with Crippen LogP contribution in [0.15, 0.2) is 12.2 Å². The number of amides is 1. The Balaban J connectivity index is 3.85. The molecule has 0 aliphatic carbocycles. The van der Waals surface area contributed by atoms with Crippen molar-refractivity contribution in [2.45, 2.75) is 27.0 Å². The van der Waals surface area contributed by atoms with Gasteiger partial charge in [-0.3, -0.25) is 4.79 Å². The number of carbonyl (C=O) groups excluding carboxylic acids is 1. The molecule has 0 rings (SSSR count). The molecule has 0 heterocycles. The first-order valence-electron chi connectivity index (χ1n) is 3.59. The van der Waals surface area contributed by atoms with Gasteiger partial charge in [-0.1, -0.05) is 20.4 Å². The van der Waals surface area contributed by atoms with E-state index in [1.54, 1.807) is 6.92 Å². The molecule has 0 saturated heterocycles. The highest BCUT2D eigenvalue weighted by Crippen LogP contribution is 1.98. The average molecular weight is 157 g/mol. The highest BCUT2D eigenvalue weighted by atomic mass is 16.3. The molecule has 2 N–H and O–H groups in total. The zero-order valence-corrected chi connectivity index (χ0v) is 7.22. The molecule has 11 heavy (non-hydrogen) atoms. The second-order valence-electron chi connectivity index (χ2n) is 2.94. The molecule has 1 atom stereocenters. The van der Waals surface area contributed by atoms with E-state index >= 15 is 0 Å². The first-order valence-corrected chi connectivity index (χ1v) is 3.59. The summed E-state index contributed by atoms with van der Waals surface area (Å²) in [5, 5.41) is 11.6. The molecule has 0 bridgehead atoms. The molecule has 3 heteroatoms. The minimum Gasteiger partial charge on any atom is -0.373 e. The van der Waals surface area contributed by atoms with Gasteiger partial charge in [-0.05, 0) is 12.8 Å². The molecule has 64 valence electrons. The largest absolute Gasteiger partial charge is 0.373 e. The number of hydrogen-bond donors (Lipinski definition) is 2. The second kappa shape index (κ2) is 4.13. The van der Waals surface area contributed by atoms with Crippen LogP contribution in [0, 0.1) is 5.92 Å². The van der Waals surface area contributed by atoms with E-state index in [-0.39, 0.29) is 11.8 Å². The van der Waals surface area contributed by atoms with E-state index in [1.165, 1.54) is 0 Å². The molecule has 1 unspecified atom stereocenters. The maximum atomic E-state index is 10.9. The highest BCUT2D eigenvalue weighted by Gasteiger charge is 2.11. The summed E-state index contributed by atoms with van der Waals surface area (Å²) in [5.74, 6) is -0.274. The van der Waals surface area contributed by atoms with E-state index in [0.29, 0.717) is 5.57 Å². The first kappa shape index (κ1) is 10.2. The zero-order valence-electron chi connectivity index (χ0n) is 7.22. The van der Waals surface area contributed by atoms with Gasteiger partial charge in [-0.2, -0.15) is 0 Å². The van der Waals surface area contributed by atoms with Crippen molar-refractivity contribution in [1.82, 2.24) is 5.32 Å². The fraction of sp³-hybridized carbons (Fsp3) is 0.625. The van der Waals surface area contributed by atoms with E-state index in [4.69, 9.17) is 0 Å². The van der Waals surface area contributed by atoms with Crippen molar-refractivity contribution in [3.63, 3.8) is 0 Å². The molecular weight excluding hydrogens is 142 g/mol. The van der Waals surface area contributed by atoms with Crippen molar-refractivity contribution in [3.8, 4) is 0 Å². The number of carbonyl (C=O) groups is 1. The lowest BCUT2D eigenvalue weighted by Gasteiger charge is -2.15. The fourth-order valence-electron chi connectivity index (χ4n) is 0.424. The van der Waals surface area contributed by atoms with Crippen molar-refractivity contribution in [2.24, 2.45) is 5.92 Å². The van der Waals surface area contributed by atoms with Crippen LogP contribution in [0.25, 0.3) is 0 Å². The minimum atomic E-state index is -0.779. The van der Waals surface area contributed by atoms with Crippen LogP contribution in [0.3, 0.4) is 0 Å². The van der Waals surface area contributed by atoms with Gasteiger partial charge >= 0.3 is 0 Å². The van der Waals surface area contributed by atoms with Gasteiger partial charge in [0, 0.05) is 5.57 Å². The monoisotopic (exact) mass is 157 g/mol. The van der Waals surface area contributed by atoms with Gasteiger partial charge in [0.2, 0.25) is 5.91 Å². The average Bonchev–Trinajstić information content (AvgIpc) is 1.87. The number of aliphatic hydroxyl groups is 1. The van der Waals surface area contributed by atoms with Crippen LogP contribution in [0.5, 0.6) is 0 Å². The third-order valence-electron chi connectivity index (χ3n) is 1.30. The standard InChI is InChI=1S/C8H15NO2/c1-5(2)7(10)9-8(11)6(3)4/h6,8,11H,1H2,2-4H3,(H,9,10). The molecular formula is C8H15NO2. The predicted octanol–water partition coefficient (Wildman–Crippen LogP) is 0.653. The van der Waals surface area contributed by atoms with E-state index < -0.39 is 6.23 Å². The van der Waals surface area contributed by atoms with Crippen LogP contribution in [0.4, 0.5) is 0 Å². The van der Waals surface area contributed by atoms with Crippen LogP contribution >= 0.6 is 0 Å². The number of hydrogen-bond acceptors (Lipinski definition) is 2. The molecule has 0 aromatic carbocycles. The van der Waals surface area contributed by atoms with E-state index in [9.17, 15) is 9.90 Å². The van der Waals surface area contributed by atoms with Crippen LogP contribution in [0.1, 0.15) is 20.8 Å². The smallest absolute Gasteiger partial charge is 0.248 e. The Hall–Kier alpha value is -0.830. The summed E-state index contributed by atoms with van der Waals surface area (Å²) in [6.07, 6.45) is -0.779. The summed E-state index contributed by atoms with van der Waals surface area (Å²) in [6, 6.07) is 0. The molecule has 0 aliphatic heterocycles. The van der Waals surface area contributed by atoms with Gasteiger partial charge in [0.05, 0.1) is 0 Å². The Morgan fingerprint density at radius 2 is 2.00 bits per heavy atom. The topological polar surface area (TPSA) is 49.3 Å². The molecule has 3 nitrogen and oxygen atoms in total. The fourth-order valence-corrected chi connectivity index (χ4v) is 0.424. The van der Waals surface area contributed by atoms with Crippen LogP contribution in [-0.2, 0) is 4.79 Å². The SMILES string of the molecule is C=C(C)C(=O)NC(O)C(C)C. The van der Waals surface area contributed by atoms with Crippen molar-refractivity contribution >= 4 is 5.91 Å². The molecule has 0 aromatic heterocycles. The van der Waals surface area contributed by atoms with Crippen LogP contribution in [-0.4, -0.2) is 17.2 Å². The van der Waals surface area contributed by atoms with Gasteiger partial charge < -0.3 is 10.4 Å². The Kier molecular flexibility index (Phi) is 3.82. The maximum absolute atomic E-state index is 10.9. The number of aliphatic hydroxyl groups excluding tert-OH is 1. The molecule has 0 saturated carbocycles. The highest BCUT2D eigenvalue weighted by molar-refractivity contribution is 5.92. The molecule has 0 aromatic rings. The molecule has 0 spiro atoms. The van der Waals surface area contributed by atoms with Crippen molar-refractivity contribution in [3.05, 3.63) is 12.2 Å². The number of rotatable bonds is 3. The van der Waals surface area contributed by atoms with Gasteiger partial charge in [0.25, 0.3) is 0 Å². The van der Waals surface area contributed by atoms with Crippen LogP contribution in [0.2, 0.25) is 0 Å². The van der Waals surface area contributed by atoms with Crippen molar-refractivity contribution in [2.75, 3.05) is 0 Å². The van der Waals surface area contributed by atoms with E-state index in [2.05, 4.69) is 11.9 Å². The summed E-state index contributed by atoms with van der Waals surface area (Å²) in [7, 11) is 0. The van der Waals surface area contributed by atoms with Crippen molar-refractivity contribution < 1.29 is 9.90 Å². The zero-order chi connectivity index (χ0) is 9.02. The Morgan fingerprint density at radius 3 is 2.27 bits per heavy atom. The quantitative estimate of drug-likeness (QED) is 0.467. The summed E-state index contributed by atoms with van der Waals surface area (Å²) in [6.45, 7) is 8.69. The van der Waals surface area contributed by atoms with Gasteiger partial charge in [-0.15, -0.1) is 0 Å². The lowest BCUT2D eigenvalue weighted by Crippen LogP contribution is -2.38. The summed E-state index contributed by atoms with van der Waals surface area (Å²) in [5.41, 5.74) is 0.407. The predicted molar refractivity (Wildman–Crippen MR) is 43.8 cm³/mol. The lowest BCUT2D eigenvalue weighted by atomic mass is 10.2. The Morgan fingerprint density at radius 1 is 1.55 bits per heavy atom. The van der Waals surface area contributed by atoms with Crippen LogP contribution < -0.4 is 5.32 Å². The van der Waals surface area contributed by atoms with Gasteiger partial charge in [-0.25, -0.2) is 0 Å². The molecule has 0 aliphatic rings. The maximum Gasteiger partial charge on any atom is 0.248 e. The van der Waals surface area contributed by atoms with E-state index in [1.807, 2.05) is 13.8 Å². The molecule has 0 fully saturated rings. The normalized spacial score (nSPS) is 12.8. The number of nitrogens with one attached hydrogen (secondary N) is 1. The van der Waals surface area contributed by atoms with E-state index in [0.717, 1.165) is 0 Å². The van der Waals surface area contributed by atoms with Crippen molar-refractivity contribution in [1.29, 1.82) is 0 Å². The minimum absolute atomic E-state index is 0.0262. The second-order valence-corrected chi connectivity index (χ2v) is 2.94.